The molecule has 0 fully saturated rings. The molecule has 0 unspecified atom stereocenters. The van der Waals surface area contributed by atoms with Crippen LogP contribution in [0.25, 0.3) is 5.57 Å². The molecule has 0 aromatic heterocycles. The molecule has 3 rings (SSSR count). The molecule has 0 saturated heterocycles. The van der Waals surface area contributed by atoms with Gasteiger partial charge in [-0.05, 0) is 44.0 Å². The molecular weight excluding hydrogens is 489 g/mol. The van der Waals surface area contributed by atoms with Crippen molar-refractivity contribution in [3.05, 3.63) is 113 Å². The summed E-state index contributed by atoms with van der Waals surface area (Å²) in [6.45, 7) is 5.61. The van der Waals surface area contributed by atoms with Crippen molar-refractivity contribution in [3.63, 3.8) is 0 Å². The second-order valence-corrected chi connectivity index (χ2v) is 10.1. The van der Waals surface area contributed by atoms with Gasteiger partial charge in [-0.2, -0.15) is 4.72 Å². The van der Waals surface area contributed by atoms with Gasteiger partial charge in [0.05, 0.1) is 10.2 Å². The Morgan fingerprint density at radius 2 is 1.32 bits per heavy atom. The molecule has 34 heavy (non-hydrogen) atoms. The molecule has 3 aromatic carbocycles. The third kappa shape index (κ3) is 7.98. The standard InChI is InChI=1S/C26H25NO3S.CH2Cl2/c1-19(2)18-24(21-10-6-4-7-11-21)25(26(28)22-12-8-5-9-13-22)27-31(29,30)23-16-14-20(3)15-17-23;2-1-3/h4-17,25,27H,1-3H3;1H2/t25-;/m1./s1. The first-order valence-electron chi connectivity index (χ1n) is 10.5. The number of hydrogen-bond donors (Lipinski definition) is 1. The third-order valence-corrected chi connectivity index (χ3v) is 6.12. The number of alkyl halides is 2. The highest BCUT2D eigenvalue weighted by atomic mass is 35.5. The summed E-state index contributed by atoms with van der Waals surface area (Å²) in [4.78, 5) is 13.6. The number of sulfonamides is 1. The summed E-state index contributed by atoms with van der Waals surface area (Å²) in [6.07, 6.45) is 0. The van der Waals surface area contributed by atoms with E-state index < -0.39 is 16.1 Å². The number of Topliss-reactive ketones (excluding diaryl/α,β-unsaturated/α-hetero) is 1. The summed E-state index contributed by atoms with van der Waals surface area (Å²) in [5.41, 5.74) is 6.62. The number of carbonyl (C=O) groups excluding carboxylic acids is 1. The van der Waals surface area contributed by atoms with Crippen LogP contribution >= 0.6 is 23.2 Å². The minimum absolute atomic E-state index is 0.105. The highest BCUT2D eigenvalue weighted by Crippen LogP contribution is 2.23. The van der Waals surface area contributed by atoms with Crippen LogP contribution in [0.5, 0.6) is 0 Å². The highest BCUT2D eigenvalue weighted by molar-refractivity contribution is 7.89. The van der Waals surface area contributed by atoms with Gasteiger partial charge < -0.3 is 0 Å². The Morgan fingerprint density at radius 1 is 0.853 bits per heavy atom. The van der Waals surface area contributed by atoms with Crippen LogP contribution in [0.2, 0.25) is 0 Å². The van der Waals surface area contributed by atoms with Crippen LogP contribution in [0.3, 0.4) is 0 Å². The Hall–Kier alpha value is -2.66. The fourth-order valence-electron chi connectivity index (χ4n) is 3.15. The van der Waals surface area contributed by atoms with E-state index in [9.17, 15) is 13.2 Å². The number of ketones is 1. The lowest BCUT2D eigenvalue weighted by Gasteiger charge is -2.20. The first-order valence-corrected chi connectivity index (χ1v) is 13.0. The van der Waals surface area contributed by atoms with E-state index in [-0.39, 0.29) is 16.0 Å². The van der Waals surface area contributed by atoms with Gasteiger partial charge in [-0.3, -0.25) is 4.79 Å². The Morgan fingerprint density at radius 3 is 1.79 bits per heavy atom. The summed E-state index contributed by atoms with van der Waals surface area (Å²) in [5.74, 6) is -0.344. The molecule has 0 amide bonds. The second kappa shape index (κ2) is 13.3. The fourth-order valence-corrected chi connectivity index (χ4v) is 4.32. The number of halogens is 2. The Balaban J connectivity index is 0.00000129. The molecule has 7 heteroatoms. The zero-order valence-corrected chi connectivity index (χ0v) is 21.6. The molecule has 0 spiro atoms. The lowest BCUT2D eigenvalue weighted by molar-refractivity contribution is 0.0975. The largest absolute Gasteiger partial charge is 0.292 e. The number of rotatable bonds is 7. The Kier molecular flexibility index (Phi) is 10.8. The average molecular weight is 516 g/mol. The van der Waals surface area contributed by atoms with Crippen LogP contribution < -0.4 is 4.72 Å². The molecule has 0 saturated carbocycles. The predicted molar refractivity (Wildman–Crippen MR) is 141 cm³/mol. The average Bonchev–Trinajstić information content (AvgIpc) is 2.82. The number of nitrogens with one attached hydrogen (secondary N) is 1. The van der Waals surface area contributed by atoms with E-state index in [1.54, 1.807) is 36.4 Å². The molecular formula is C27H27Cl2NO3S. The molecule has 3 aromatic rings. The number of carbonyl (C=O) groups is 1. The summed E-state index contributed by atoms with van der Waals surface area (Å²) < 4.78 is 29.0. The van der Waals surface area contributed by atoms with Crippen molar-refractivity contribution >= 4 is 44.6 Å². The zero-order valence-electron chi connectivity index (χ0n) is 19.3. The van der Waals surface area contributed by atoms with Crippen molar-refractivity contribution in [2.24, 2.45) is 0 Å². The molecule has 0 heterocycles. The van der Waals surface area contributed by atoms with Gasteiger partial charge in [-0.15, -0.1) is 28.9 Å². The van der Waals surface area contributed by atoms with Gasteiger partial charge in [0, 0.05) is 11.1 Å². The van der Waals surface area contributed by atoms with E-state index in [2.05, 4.69) is 10.5 Å². The predicted octanol–water partition coefficient (Wildman–Crippen LogP) is 6.60. The third-order valence-electron chi connectivity index (χ3n) is 4.68. The molecule has 0 radical (unpaired) electrons. The van der Waals surface area contributed by atoms with Crippen LogP contribution in [0.4, 0.5) is 0 Å². The maximum absolute atomic E-state index is 13.5. The SMILES string of the molecule is CC(C)=C=C(c1ccccc1)[C@@H](NS(=O)(=O)c1ccc(C)cc1)C(=O)c1ccccc1.ClCCl. The van der Waals surface area contributed by atoms with Crippen molar-refractivity contribution in [2.45, 2.75) is 31.7 Å². The van der Waals surface area contributed by atoms with E-state index >= 15 is 0 Å². The number of benzene rings is 3. The van der Waals surface area contributed by atoms with E-state index in [0.717, 1.165) is 16.7 Å². The minimum Gasteiger partial charge on any atom is -0.292 e. The number of hydrogen-bond acceptors (Lipinski definition) is 3. The molecule has 4 nitrogen and oxygen atoms in total. The van der Waals surface area contributed by atoms with Gasteiger partial charge in [-0.1, -0.05) is 78.4 Å². The van der Waals surface area contributed by atoms with E-state index in [4.69, 9.17) is 23.2 Å². The minimum atomic E-state index is -3.96. The van der Waals surface area contributed by atoms with E-state index in [1.165, 1.54) is 12.1 Å². The van der Waals surface area contributed by atoms with Crippen LogP contribution in [-0.4, -0.2) is 25.6 Å². The Labute approximate surface area is 212 Å². The topological polar surface area (TPSA) is 63.2 Å². The van der Waals surface area contributed by atoms with Crippen molar-refractivity contribution < 1.29 is 13.2 Å². The molecule has 1 atom stereocenters. The number of aryl methyl sites for hydroxylation is 1. The summed E-state index contributed by atoms with van der Waals surface area (Å²) in [7, 11) is -3.96. The van der Waals surface area contributed by atoms with Crippen molar-refractivity contribution in [1.82, 2.24) is 4.72 Å². The maximum atomic E-state index is 13.5. The van der Waals surface area contributed by atoms with Gasteiger partial charge >= 0.3 is 0 Å². The van der Waals surface area contributed by atoms with Gasteiger partial charge in [0.1, 0.15) is 6.04 Å². The normalized spacial score (nSPS) is 11.4. The summed E-state index contributed by atoms with van der Waals surface area (Å²) >= 11 is 9.53. The first-order chi connectivity index (χ1) is 16.2. The van der Waals surface area contributed by atoms with Gasteiger partial charge in [-0.25, -0.2) is 8.42 Å². The van der Waals surface area contributed by atoms with Crippen LogP contribution in [0.1, 0.15) is 35.3 Å². The van der Waals surface area contributed by atoms with Gasteiger partial charge in [0.25, 0.3) is 0 Å². The molecule has 0 bridgehead atoms. The molecule has 0 aliphatic heterocycles. The summed E-state index contributed by atoms with van der Waals surface area (Å²) in [6, 6.07) is 23.3. The fraction of sp³-hybridized carbons (Fsp3) is 0.185. The van der Waals surface area contributed by atoms with E-state index in [0.29, 0.717) is 11.1 Å². The highest BCUT2D eigenvalue weighted by Gasteiger charge is 2.30. The lowest BCUT2D eigenvalue weighted by atomic mass is 9.93. The van der Waals surface area contributed by atoms with Gasteiger partial charge in [0.2, 0.25) is 10.0 Å². The van der Waals surface area contributed by atoms with Crippen LogP contribution in [-0.2, 0) is 10.0 Å². The molecule has 1 N–H and O–H groups in total. The zero-order chi connectivity index (χ0) is 25.1. The maximum Gasteiger partial charge on any atom is 0.241 e. The van der Waals surface area contributed by atoms with Crippen molar-refractivity contribution in [3.8, 4) is 0 Å². The molecule has 0 aliphatic rings. The van der Waals surface area contributed by atoms with Gasteiger partial charge in [0.15, 0.2) is 5.78 Å². The van der Waals surface area contributed by atoms with Crippen LogP contribution in [0.15, 0.2) is 101 Å². The van der Waals surface area contributed by atoms with E-state index in [1.807, 2.05) is 57.2 Å². The van der Waals surface area contributed by atoms with Crippen molar-refractivity contribution in [1.29, 1.82) is 0 Å². The smallest absolute Gasteiger partial charge is 0.241 e. The first kappa shape index (κ1) is 27.6. The van der Waals surface area contributed by atoms with Crippen LogP contribution in [0, 0.1) is 6.92 Å². The molecule has 178 valence electrons. The second-order valence-electron chi connectivity index (χ2n) is 7.60. The van der Waals surface area contributed by atoms with Crippen molar-refractivity contribution in [2.75, 3.05) is 5.34 Å². The molecule has 0 aliphatic carbocycles. The summed E-state index contributed by atoms with van der Waals surface area (Å²) in [5, 5.41) is 0.194. The quantitative estimate of drug-likeness (QED) is 0.219. The lowest BCUT2D eigenvalue weighted by Crippen LogP contribution is -2.41. The monoisotopic (exact) mass is 515 g/mol. The Bertz CT molecular complexity index is 1250.